The minimum absolute atomic E-state index is 0.0817. The van der Waals surface area contributed by atoms with Crippen molar-refractivity contribution in [3.63, 3.8) is 0 Å². The summed E-state index contributed by atoms with van der Waals surface area (Å²) in [5.74, 6) is -0.628. The highest BCUT2D eigenvalue weighted by Gasteiger charge is 2.16. The van der Waals surface area contributed by atoms with Crippen LogP contribution in [0.2, 0.25) is 0 Å². The lowest BCUT2D eigenvalue weighted by Crippen LogP contribution is -2.28. The zero-order valence-electron chi connectivity index (χ0n) is 37.1. The molecule has 0 aliphatic heterocycles. The highest BCUT2D eigenvalue weighted by Crippen LogP contribution is 2.15. The van der Waals surface area contributed by atoms with E-state index in [1.54, 1.807) is 0 Å². The van der Waals surface area contributed by atoms with E-state index >= 15 is 0 Å². The van der Waals surface area contributed by atoms with Crippen LogP contribution in [0.3, 0.4) is 0 Å². The van der Waals surface area contributed by atoms with E-state index < -0.39 is 6.10 Å². The predicted molar refractivity (Wildman–Crippen MR) is 246 cm³/mol. The quantitative estimate of drug-likeness (QED) is 0.0379. The van der Waals surface area contributed by atoms with Crippen molar-refractivity contribution in [3.8, 4) is 0 Å². The molecule has 5 nitrogen and oxygen atoms in total. The Morgan fingerprint density at radius 3 is 1.14 bits per heavy atom. The van der Waals surface area contributed by atoms with Crippen molar-refractivity contribution in [1.29, 1.82) is 0 Å². The van der Waals surface area contributed by atoms with Gasteiger partial charge in [0.25, 0.3) is 0 Å². The highest BCUT2D eigenvalue weighted by molar-refractivity contribution is 5.70. The lowest BCUT2D eigenvalue weighted by atomic mass is 10.0. The molecular formula is C52H88O5. The van der Waals surface area contributed by atoms with Crippen molar-refractivity contribution in [2.45, 2.75) is 219 Å². The number of ether oxygens (including phenoxy) is 2. The third-order valence-corrected chi connectivity index (χ3v) is 9.95. The van der Waals surface area contributed by atoms with Crippen LogP contribution in [0.25, 0.3) is 0 Å². The second-order valence-electron chi connectivity index (χ2n) is 15.5. The Labute approximate surface area is 352 Å². The third-order valence-electron chi connectivity index (χ3n) is 9.95. The van der Waals surface area contributed by atoms with Crippen molar-refractivity contribution in [1.82, 2.24) is 0 Å². The summed E-state index contributed by atoms with van der Waals surface area (Å²) in [4.78, 5) is 24.4. The van der Waals surface area contributed by atoms with Crippen LogP contribution in [-0.2, 0) is 19.1 Å². The molecule has 0 bridgehead atoms. The SMILES string of the molecule is CC/C=C\C/C=C\C/C=C\C/C=C\C/C=C\C/C=C\C/C=C\CCCCCC(=O)OC(CO)COC(=O)CCCCCCCCCCCCCCCCCCCC. The maximum Gasteiger partial charge on any atom is 0.306 e. The number of rotatable bonds is 42. The molecule has 0 spiro atoms. The van der Waals surface area contributed by atoms with Crippen molar-refractivity contribution in [2.75, 3.05) is 13.2 Å². The van der Waals surface area contributed by atoms with Crippen LogP contribution in [-0.4, -0.2) is 36.4 Å². The maximum absolute atomic E-state index is 12.2. The van der Waals surface area contributed by atoms with Crippen LogP contribution in [0, 0.1) is 0 Å². The van der Waals surface area contributed by atoms with Crippen LogP contribution in [0.15, 0.2) is 85.1 Å². The summed E-state index contributed by atoms with van der Waals surface area (Å²) in [6.45, 7) is 4.01. The van der Waals surface area contributed by atoms with Gasteiger partial charge in [0.05, 0.1) is 6.61 Å². The molecule has 326 valence electrons. The Morgan fingerprint density at radius 1 is 0.421 bits per heavy atom. The van der Waals surface area contributed by atoms with E-state index in [1.165, 1.54) is 96.3 Å². The molecule has 0 aromatic carbocycles. The second kappa shape index (κ2) is 47.5. The van der Waals surface area contributed by atoms with Gasteiger partial charge in [-0.3, -0.25) is 9.59 Å². The summed E-state index contributed by atoms with van der Waals surface area (Å²) in [7, 11) is 0. The number of aliphatic hydroxyl groups excluding tert-OH is 1. The van der Waals surface area contributed by atoms with E-state index in [-0.39, 0.29) is 25.2 Å². The lowest BCUT2D eigenvalue weighted by molar-refractivity contribution is -0.161. The average Bonchev–Trinajstić information content (AvgIpc) is 3.21. The number of aliphatic hydroxyl groups is 1. The molecule has 0 saturated heterocycles. The molecule has 0 fully saturated rings. The molecule has 0 aromatic rings. The van der Waals surface area contributed by atoms with E-state index in [1.807, 2.05) is 0 Å². The Balaban J connectivity index is 3.63. The van der Waals surface area contributed by atoms with E-state index in [9.17, 15) is 14.7 Å². The smallest absolute Gasteiger partial charge is 0.306 e. The van der Waals surface area contributed by atoms with E-state index in [2.05, 4.69) is 98.9 Å². The van der Waals surface area contributed by atoms with Gasteiger partial charge in [0.2, 0.25) is 0 Å². The molecule has 0 aliphatic rings. The summed E-state index contributed by atoms with van der Waals surface area (Å²) in [5, 5.41) is 9.60. The number of unbranched alkanes of at least 4 members (excludes halogenated alkanes) is 20. The summed E-state index contributed by atoms with van der Waals surface area (Å²) < 4.78 is 10.6. The third kappa shape index (κ3) is 45.7. The van der Waals surface area contributed by atoms with Crippen LogP contribution in [0.4, 0.5) is 0 Å². The number of hydrogen-bond donors (Lipinski definition) is 1. The van der Waals surface area contributed by atoms with Gasteiger partial charge in [-0.2, -0.15) is 0 Å². The Hall–Kier alpha value is -2.92. The molecule has 0 aromatic heterocycles. The standard InChI is InChI=1S/C52H88O5/c1-3-5-7-9-11-13-15-17-19-21-23-24-25-26-27-28-29-31-33-35-37-39-41-43-45-47-52(55)57-50(48-53)49-56-51(54)46-44-42-40-38-36-34-32-30-22-20-18-16-14-12-10-8-6-4-2/h5,7,11,13,17,19,23-24,26-27,29,31,35,37,50,53H,3-4,6,8-10,12,14-16,18,20-22,25,28,30,32-34,36,38-49H2,1-2H3/b7-5-,13-11-,19-17-,24-23-,27-26-,31-29-,37-35-. The van der Waals surface area contributed by atoms with E-state index in [0.29, 0.717) is 12.8 Å². The molecule has 0 radical (unpaired) electrons. The van der Waals surface area contributed by atoms with Gasteiger partial charge < -0.3 is 14.6 Å². The Bertz CT molecular complexity index is 1080. The zero-order chi connectivity index (χ0) is 41.4. The minimum Gasteiger partial charge on any atom is -0.462 e. The van der Waals surface area contributed by atoms with Crippen molar-refractivity contribution in [2.24, 2.45) is 0 Å². The van der Waals surface area contributed by atoms with Crippen LogP contribution < -0.4 is 0 Å². The molecule has 0 rings (SSSR count). The molecule has 0 saturated carbocycles. The van der Waals surface area contributed by atoms with Gasteiger partial charge >= 0.3 is 11.9 Å². The van der Waals surface area contributed by atoms with Gasteiger partial charge in [-0.25, -0.2) is 0 Å². The summed E-state index contributed by atoms with van der Waals surface area (Å²) in [6.07, 6.45) is 65.2. The number of hydrogen-bond acceptors (Lipinski definition) is 5. The number of allylic oxidation sites excluding steroid dienone is 14. The fraction of sp³-hybridized carbons (Fsp3) is 0.692. The predicted octanol–water partition coefficient (Wildman–Crippen LogP) is 15.5. The average molecular weight is 793 g/mol. The van der Waals surface area contributed by atoms with E-state index in [0.717, 1.165) is 89.9 Å². The first-order valence-electron chi connectivity index (χ1n) is 23.6. The Morgan fingerprint density at radius 2 is 0.754 bits per heavy atom. The van der Waals surface area contributed by atoms with Gasteiger partial charge in [0.1, 0.15) is 6.61 Å². The molecule has 0 amide bonds. The van der Waals surface area contributed by atoms with Crippen LogP contribution >= 0.6 is 0 Å². The highest BCUT2D eigenvalue weighted by atomic mass is 16.6. The van der Waals surface area contributed by atoms with Crippen LogP contribution in [0.1, 0.15) is 213 Å². The molecule has 1 atom stereocenters. The Kier molecular flexibility index (Phi) is 45.0. The van der Waals surface area contributed by atoms with Crippen molar-refractivity contribution in [3.05, 3.63) is 85.1 Å². The van der Waals surface area contributed by atoms with Crippen LogP contribution in [0.5, 0.6) is 0 Å². The van der Waals surface area contributed by atoms with Gasteiger partial charge in [0.15, 0.2) is 6.10 Å². The van der Waals surface area contributed by atoms with Crippen molar-refractivity contribution >= 4 is 11.9 Å². The number of carbonyl (C=O) groups is 2. The van der Waals surface area contributed by atoms with Gasteiger partial charge in [-0.1, -0.05) is 214 Å². The normalized spacial score (nSPS) is 13.0. The lowest BCUT2D eigenvalue weighted by Gasteiger charge is -2.15. The molecule has 1 unspecified atom stereocenters. The van der Waals surface area contributed by atoms with Gasteiger partial charge in [0, 0.05) is 12.8 Å². The monoisotopic (exact) mass is 793 g/mol. The fourth-order valence-electron chi connectivity index (χ4n) is 6.42. The number of esters is 2. The first-order valence-corrected chi connectivity index (χ1v) is 23.6. The number of carbonyl (C=O) groups excluding carboxylic acids is 2. The maximum atomic E-state index is 12.2. The molecule has 57 heavy (non-hydrogen) atoms. The summed E-state index contributed by atoms with van der Waals surface area (Å²) in [6, 6.07) is 0. The van der Waals surface area contributed by atoms with Crippen molar-refractivity contribution < 1.29 is 24.2 Å². The first-order chi connectivity index (χ1) is 28.1. The molecule has 0 aliphatic carbocycles. The van der Waals surface area contributed by atoms with Gasteiger partial charge in [-0.15, -0.1) is 0 Å². The molecule has 5 heteroatoms. The second-order valence-corrected chi connectivity index (χ2v) is 15.5. The minimum atomic E-state index is -0.793. The first kappa shape index (κ1) is 54.1. The molecule has 0 heterocycles. The summed E-state index contributed by atoms with van der Waals surface area (Å²) >= 11 is 0. The van der Waals surface area contributed by atoms with Gasteiger partial charge in [-0.05, 0) is 70.6 Å². The molecular weight excluding hydrogens is 705 g/mol. The zero-order valence-corrected chi connectivity index (χ0v) is 37.1. The molecule has 1 N–H and O–H groups in total. The van der Waals surface area contributed by atoms with E-state index in [4.69, 9.17) is 9.47 Å². The topological polar surface area (TPSA) is 72.8 Å². The summed E-state index contributed by atoms with van der Waals surface area (Å²) in [5.41, 5.74) is 0. The largest absolute Gasteiger partial charge is 0.462 e. The fourth-order valence-corrected chi connectivity index (χ4v) is 6.42.